The Labute approximate surface area is 99.5 Å². The second kappa shape index (κ2) is 4.43. The number of hydrogen-bond donors (Lipinski definition) is 0. The number of ether oxygens (including phenoxy) is 2. The SMILES string of the molecule is CC1(C)OCC(Cc2ccc([N+](=O)[O-])cc2)O1. The lowest BCUT2D eigenvalue weighted by atomic mass is 10.1. The van der Waals surface area contributed by atoms with Crippen molar-refractivity contribution in [2.45, 2.75) is 32.2 Å². The Balaban J connectivity index is 1.98. The summed E-state index contributed by atoms with van der Waals surface area (Å²) in [4.78, 5) is 10.1. The van der Waals surface area contributed by atoms with Crippen molar-refractivity contribution in [1.82, 2.24) is 0 Å². The average molecular weight is 237 g/mol. The maximum Gasteiger partial charge on any atom is 0.269 e. The van der Waals surface area contributed by atoms with Crippen LogP contribution in [0.25, 0.3) is 0 Å². The molecule has 0 radical (unpaired) electrons. The van der Waals surface area contributed by atoms with E-state index in [1.165, 1.54) is 12.1 Å². The molecule has 1 aliphatic heterocycles. The first kappa shape index (κ1) is 12.0. The Hall–Kier alpha value is -1.46. The number of rotatable bonds is 3. The Kier molecular flexibility index (Phi) is 3.13. The fourth-order valence-electron chi connectivity index (χ4n) is 1.88. The van der Waals surface area contributed by atoms with Crippen molar-refractivity contribution in [3.8, 4) is 0 Å². The third kappa shape index (κ3) is 3.01. The molecule has 0 aromatic heterocycles. The zero-order chi connectivity index (χ0) is 12.5. The standard InChI is InChI=1S/C12H15NO4/c1-12(2)16-8-11(17-12)7-9-3-5-10(6-4-9)13(14)15/h3-6,11H,7-8H2,1-2H3. The number of nitrogens with zero attached hydrogens (tertiary/aromatic N) is 1. The van der Waals surface area contributed by atoms with E-state index in [2.05, 4.69) is 0 Å². The zero-order valence-corrected chi connectivity index (χ0v) is 9.88. The van der Waals surface area contributed by atoms with Crippen molar-refractivity contribution in [1.29, 1.82) is 0 Å². The molecule has 0 bridgehead atoms. The van der Waals surface area contributed by atoms with Gasteiger partial charge in [0.05, 0.1) is 17.6 Å². The fraction of sp³-hybridized carbons (Fsp3) is 0.500. The minimum absolute atomic E-state index is 0.0199. The molecular formula is C12H15NO4. The van der Waals surface area contributed by atoms with Crippen LogP contribution in [0.3, 0.4) is 0 Å². The molecule has 1 aromatic rings. The zero-order valence-electron chi connectivity index (χ0n) is 9.88. The highest BCUT2D eigenvalue weighted by atomic mass is 16.7. The molecule has 1 saturated heterocycles. The molecular weight excluding hydrogens is 222 g/mol. The molecule has 1 unspecified atom stereocenters. The van der Waals surface area contributed by atoms with Gasteiger partial charge in [-0.2, -0.15) is 0 Å². The quantitative estimate of drug-likeness (QED) is 0.597. The summed E-state index contributed by atoms with van der Waals surface area (Å²) >= 11 is 0. The molecule has 1 atom stereocenters. The summed E-state index contributed by atoms with van der Waals surface area (Å²) in [6, 6.07) is 6.53. The predicted octanol–water partition coefficient (Wildman–Crippen LogP) is 2.29. The lowest BCUT2D eigenvalue weighted by Crippen LogP contribution is -2.22. The molecule has 0 aliphatic carbocycles. The molecule has 1 aromatic carbocycles. The van der Waals surface area contributed by atoms with Gasteiger partial charge in [0.2, 0.25) is 0 Å². The van der Waals surface area contributed by atoms with E-state index < -0.39 is 10.7 Å². The average Bonchev–Trinajstić information content (AvgIpc) is 2.59. The van der Waals surface area contributed by atoms with Gasteiger partial charge in [0.15, 0.2) is 5.79 Å². The number of non-ortho nitro benzene ring substituents is 1. The highest BCUT2D eigenvalue weighted by Crippen LogP contribution is 2.25. The summed E-state index contributed by atoms with van der Waals surface area (Å²) in [6.07, 6.45) is 0.730. The van der Waals surface area contributed by atoms with E-state index >= 15 is 0 Å². The van der Waals surface area contributed by atoms with Gasteiger partial charge in [-0.05, 0) is 19.4 Å². The van der Waals surface area contributed by atoms with Crippen LogP contribution in [0, 0.1) is 10.1 Å². The van der Waals surface area contributed by atoms with Crippen LogP contribution in [0.4, 0.5) is 5.69 Å². The summed E-state index contributed by atoms with van der Waals surface area (Å²) in [5.41, 5.74) is 1.12. The van der Waals surface area contributed by atoms with Gasteiger partial charge in [-0.25, -0.2) is 0 Å². The van der Waals surface area contributed by atoms with Crippen LogP contribution in [0.5, 0.6) is 0 Å². The number of nitro benzene ring substituents is 1. The van der Waals surface area contributed by atoms with E-state index in [9.17, 15) is 10.1 Å². The van der Waals surface area contributed by atoms with Crippen LogP contribution in [0.15, 0.2) is 24.3 Å². The van der Waals surface area contributed by atoms with Gasteiger partial charge in [0.25, 0.3) is 5.69 Å². The Bertz CT molecular complexity index is 413. The monoisotopic (exact) mass is 237 g/mol. The van der Waals surface area contributed by atoms with Crippen molar-refractivity contribution in [2.75, 3.05) is 6.61 Å². The summed E-state index contributed by atoms with van der Waals surface area (Å²) in [5.74, 6) is -0.522. The predicted molar refractivity (Wildman–Crippen MR) is 61.7 cm³/mol. The highest BCUT2D eigenvalue weighted by molar-refractivity contribution is 5.33. The first-order valence-electron chi connectivity index (χ1n) is 5.51. The van der Waals surface area contributed by atoms with Crippen LogP contribution in [-0.4, -0.2) is 23.4 Å². The Morgan fingerprint density at radius 1 is 1.41 bits per heavy atom. The molecule has 0 N–H and O–H groups in total. The molecule has 0 saturated carbocycles. The molecule has 92 valence electrons. The summed E-state index contributed by atoms with van der Waals surface area (Å²) < 4.78 is 11.1. The van der Waals surface area contributed by atoms with Crippen LogP contribution >= 0.6 is 0 Å². The molecule has 0 amide bonds. The highest BCUT2D eigenvalue weighted by Gasteiger charge is 2.32. The molecule has 5 heteroatoms. The summed E-state index contributed by atoms with van der Waals surface area (Å²) in [5, 5.41) is 10.5. The van der Waals surface area contributed by atoms with Crippen molar-refractivity contribution < 1.29 is 14.4 Å². The van der Waals surface area contributed by atoms with Gasteiger partial charge in [-0.1, -0.05) is 12.1 Å². The van der Waals surface area contributed by atoms with E-state index in [0.717, 1.165) is 5.56 Å². The van der Waals surface area contributed by atoms with Gasteiger partial charge in [0, 0.05) is 18.6 Å². The van der Waals surface area contributed by atoms with E-state index in [1.807, 2.05) is 13.8 Å². The number of benzene rings is 1. The molecule has 0 spiro atoms. The topological polar surface area (TPSA) is 61.6 Å². The van der Waals surface area contributed by atoms with E-state index in [0.29, 0.717) is 13.0 Å². The second-order valence-corrected chi connectivity index (χ2v) is 4.58. The second-order valence-electron chi connectivity index (χ2n) is 4.58. The van der Waals surface area contributed by atoms with Crippen LogP contribution in [0.1, 0.15) is 19.4 Å². The van der Waals surface area contributed by atoms with Crippen molar-refractivity contribution in [2.24, 2.45) is 0 Å². The van der Waals surface area contributed by atoms with Crippen LogP contribution in [-0.2, 0) is 15.9 Å². The van der Waals surface area contributed by atoms with Crippen molar-refractivity contribution in [3.05, 3.63) is 39.9 Å². The van der Waals surface area contributed by atoms with Crippen molar-refractivity contribution in [3.63, 3.8) is 0 Å². The molecule has 1 fully saturated rings. The maximum absolute atomic E-state index is 10.5. The molecule has 1 aliphatic rings. The van der Waals surface area contributed by atoms with Crippen LogP contribution in [0.2, 0.25) is 0 Å². The Morgan fingerprint density at radius 3 is 2.53 bits per heavy atom. The van der Waals surface area contributed by atoms with E-state index in [1.54, 1.807) is 12.1 Å². The minimum Gasteiger partial charge on any atom is -0.348 e. The smallest absolute Gasteiger partial charge is 0.269 e. The minimum atomic E-state index is -0.522. The maximum atomic E-state index is 10.5. The first-order chi connectivity index (χ1) is 7.96. The normalized spacial score (nSPS) is 22.6. The largest absolute Gasteiger partial charge is 0.348 e. The summed E-state index contributed by atoms with van der Waals surface area (Å²) in [6.45, 7) is 4.32. The van der Waals surface area contributed by atoms with Gasteiger partial charge in [-0.3, -0.25) is 10.1 Å². The number of hydrogen-bond acceptors (Lipinski definition) is 4. The van der Waals surface area contributed by atoms with Crippen LogP contribution < -0.4 is 0 Å². The van der Waals surface area contributed by atoms with Gasteiger partial charge >= 0.3 is 0 Å². The molecule has 17 heavy (non-hydrogen) atoms. The molecule has 1 heterocycles. The lowest BCUT2D eigenvalue weighted by Gasteiger charge is -2.17. The van der Waals surface area contributed by atoms with Crippen molar-refractivity contribution >= 4 is 5.69 Å². The lowest BCUT2D eigenvalue weighted by molar-refractivity contribution is -0.384. The third-order valence-electron chi connectivity index (χ3n) is 2.68. The van der Waals surface area contributed by atoms with Gasteiger partial charge < -0.3 is 9.47 Å². The third-order valence-corrected chi connectivity index (χ3v) is 2.68. The molecule has 5 nitrogen and oxygen atoms in total. The fourth-order valence-corrected chi connectivity index (χ4v) is 1.88. The number of nitro groups is 1. The Morgan fingerprint density at radius 2 is 2.06 bits per heavy atom. The van der Waals surface area contributed by atoms with E-state index in [-0.39, 0.29) is 11.8 Å². The van der Waals surface area contributed by atoms with Gasteiger partial charge in [0.1, 0.15) is 0 Å². The first-order valence-corrected chi connectivity index (χ1v) is 5.51. The van der Waals surface area contributed by atoms with E-state index in [4.69, 9.17) is 9.47 Å². The molecule has 2 rings (SSSR count). The summed E-state index contributed by atoms with van der Waals surface area (Å²) in [7, 11) is 0. The van der Waals surface area contributed by atoms with Gasteiger partial charge in [-0.15, -0.1) is 0 Å².